The largest absolute Gasteiger partial charge is 0.310 e. The van der Waals surface area contributed by atoms with Crippen molar-refractivity contribution in [3.8, 4) is 6.07 Å². The van der Waals surface area contributed by atoms with Crippen molar-refractivity contribution in [2.24, 2.45) is 0 Å². The second-order valence-electron chi connectivity index (χ2n) is 2.24. The molecule has 1 N–H and O–H groups in total. The van der Waals surface area contributed by atoms with Crippen LogP contribution in [0.2, 0.25) is 0 Å². The molecule has 0 spiro atoms. The number of anilines is 1. The standard InChI is InChI=1S/C8H6IN3O/c9-6-1-2-7(11-5-6)12-8(13)3-4-10/h1-2,5H,3H2,(H,11,12,13). The molecule has 0 bridgehead atoms. The van der Waals surface area contributed by atoms with E-state index < -0.39 is 0 Å². The Labute approximate surface area is 89.1 Å². The number of nitrogens with zero attached hydrogens (tertiary/aromatic N) is 2. The number of halogens is 1. The molecule has 0 radical (unpaired) electrons. The van der Waals surface area contributed by atoms with Crippen molar-refractivity contribution in [2.45, 2.75) is 6.42 Å². The van der Waals surface area contributed by atoms with Crippen molar-refractivity contribution in [2.75, 3.05) is 5.32 Å². The van der Waals surface area contributed by atoms with Crippen LogP contribution in [0.25, 0.3) is 0 Å². The monoisotopic (exact) mass is 287 g/mol. The van der Waals surface area contributed by atoms with Gasteiger partial charge in [-0.25, -0.2) is 4.98 Å². The number of aromatic nitrogens is 1. The van der Waals surface area contributed by atoms with Gasteiger partial charge >= 0.3 is 0 Å². The Balaban J connectivity index is 2.60. The Morgan fingerprint density at radius 1 is 1.69 bits per heavy atom. The molecule has 5 heteroatoms. The van der Waals surface area contributed by atoms with Gasteiger partial charge in [-0.05, 0) is 34.7 Å². The molecule has 0 fully saturated rings. The van der Waals surface area contributed by atoms with E-state index in [1.54, 1.807) is 18.3 Å². The molecule has 0 saturated heterocycles. The van der Waals surface area contributed by atoms with Gasteiger partial charge in [-0.1, -0.05) is 0 Å². The summed E-state index contributed by atoms with van der Waals surface area (Å²) in [5, 5.41) is 10.7. The van der Waals surface area contributed by atoms with Gasteiger partial charge in [0.1, 0.15) is 12.2 Å². The van der Waals surface area contributed by atoms with Crippen LogP contribution in [0, 0.1) is 14.9 Å². The fourth-order valence-electron chi connectivity index (χ4n) is 0.709. The molecule has 0 unspecified atom stereocenters. The molecule has 0 atom stereocenters. The minimum atomic E-state index is -0.337. The van der Waals surface area contributed by atoms with Crippen LogP contribution >= 0.6 is 22.6 Å². The molecule has 1 heterocycles. The Kier molecular flexibility index (Phi) is 3.64. The molecule has 0 aliphatic heterocycles. The fourth-order valence-corrected chi connectivity index (χ4v) is 1.03. The van der Waals surface area contributed by atoms with E-state index >= 15 is 0 Å². The molecule has 1 aromatic rings. The summed E-state index contributed by atoms with van der Waals surface area (Å²) < 4.78 is 0.996. The zero-order valence-corrected chi connectivity index (χ0v) is 8.78. The third-order valence-corrected chi connectivity index (χ3v) is 1.87. The molecule has 1 rings (SSSR count). The number of amides is 1. The third-order valence-electron chi connectivity index (χ3n) is 1.23. The summed E-state index contributed by atoms with van der Waals surface area (Å²) in [6.07, 6.45) is 1.50. The third kappa shape index (κ3) is 3.38. The van der Waals surface area contributed by atoms with Crippen molar-refractivity contribution in [3.63, 3.8) is 0 Å². The van der Waals surface area contributed by atoms with Gasteiger partial charge < -0.3 is 5.32 Å². The van der Waals surface area contributed by atoms with Gasteiger partial charge in [0.25, 0.3) is 0 Å². The molecule has 0 aromatic carbocycles. The number of pyridine rings is 1. The van der Waals surface area contributed by atoms with Gasteiger partial charge in [0, 0.05) is 9.77 Å². The summed E-state index contributed by atoms with van der Waals surface area (Å²) in [5.41, 5.74) is 0. The number of carbonyl (C=O) groups is 1. The maximum Gasteiger partial charge on any atom is 0.239 e. The van der Waals surface area contributed by atoms with Gasteiger partial charge in [-0.2, -0.15) is 5.26 Å². The molecule has 0 saturated carbocycles. The van der Waals surface area contributed by atoms with E-state index in [1.165, 1.54) is 0 Å². The van der Waals surface area contributed by atoms with Gasteiger partial charge in [0.2, 0.25) is 5.91 Å². The first-order chi connectivity index (χ1) is 6.22. The van der Waals surface area contributed by atoms with Crippen molar-refractivity contribution < 1.29 is 4.79 Å². The van der Waals surface area contributed by atoms with E-state index in [4.69, 9.17) is 5.26 Å². The average Bonchev–Trinajstić information content (AvgIpc) is 2.09. The lowest BCUT2D eigenvalue weighted by molar-refractivity contribution is -0.115. The smallest absolute Gasteiger partial charge is 0.239 e. The highest BCUT2D eigenvalue weighted by Gasteiger charge is 2.00. The minimum absolute atomic E-state index is 0.145. The van der Waals surface area contributed by atoms with Gasteiger partial charge in [-0.15, -0.1) is 0 Å². The predicted octanol–water partition coefficient (Wildman–Crippen LogP) is 1.54. The fraction of sp³-hybridized carbons (Fsp3) is 0.125. The number of nitrogens with one attached hydrogen (secondary N) is 1. The Bertz CT molecular complexity index is 341. The van der Waals surface area contributed by atoms with E-state index in [0.717, 1.165) is 3.57 Å². The van der Waals surface area contributed by atoms with Crippen molar-refractivity contribution in [1.82, 2.24) is 4.98 Å². The quantitative estimate of drug-likeness (QED) is 0.839. The van der Waals surface area contributed by atoms with Crippen LogP contribution < -0.4 is 5.32 Å². The first-order valence-corrected chi connectivity index (χ1v) is 4.58. The Morgan fingerprint density at radius 2 is 2.46 bits per heavy atom. The van der Waals surface area contributed by atoms with E-state index in [9.17, 15) is 4.79 Å². The van der Waals surface area contributed by atoms with E-state index in [-0.39, 0.29) is 12.3 Å². The summed E-state index contributed by atoms with van der Waals surface area (Å²) in [7, 11) is 0. The summed E-state index contributed by atoms with van der Waals surface area (Å²) in [6.45, 7) is 0. The number of hydrogen-bond acceptors (Lipinski definition) is 3. The van der Waals surface area contributed by atoms with Crippen molar-refractivity contribution in [1.29, 1.82) is 5.26 Å². The molecule has 1 aromatic heterocycles. The first-order valence-electron chi connectivity index (χ1n) is 3.50. The van der Waals surface area contributed by atoms with Crippen LogP contribution in [0.3, 0.4) is 0 Å². The zero-order chi connectivity index (χ0) is 9.68. The summed E-state index contributed by atoms with van der Waals surface area (Å²) in [4.78, 5) is 14.9. The average molecular weight is 287 g/mol. The lowest BCUT2D eigenvalue weighted by Crippen LogP contribution is -2.11. The topological polar surface area (TPSA) is 65.8 Å². The van der Waals surface area contributed by atoms with Gasteiger partial charge in [0.05, 0.1) is 6.07 Å². The van der Waals surface area contributed by atoms with Gasteiger partial charge in [-0.3, -0.25) is 4.79 Å². The van der Waals surface area contributed by atoms with E-state index in [0.29, 0.717) is 5.82 Å². The SMILES string of the molecule is N#CCC(=O)Nc1ccc(I)cn1. The number of nitriles is 1. The predicted molar refractivity (Wildman–Crippen MR) is 55.8 cm³/mol. The van der Waals surface area contributed by atoms with Crippen LogP contribution in [-0.2, 0) is 4.79 Å². The second kappa shape index (κ2) is 4.77. The number of carbonyl (C=O) groups excluding carboxylic acids is 1. The molecular weight excluding hydrogens is 281 g/mol. The van der Waals surface area contributed by atoms with Crippen LogP contribution in [0.5, 0.6) is 0 Å². The van der Waals surface area contributed by atoms with Crippen molar-refractivity contribution in [3.05, 3.63) is 21.9 Å². The minimum Gasteiger partial charge on any atom is -0.310 e. The molecule has 0 aliphatic carbocycles. The lowest BCUT2D eigenvalue weighted by atomic mass is 10.4. The molecule has 4 nitrogen and oxygen atoms in total. The molecule has 66 valence electrons. The normalized spacial score (nSPS) is 8.92. The molecule has 1 amide bonds. The summed E-state index contributed by atoms with van der Waals surface area (Å²) in [6, 6.07) is 5.28. The number of hydrogen-bond donors (Lipinski definition) is 1. The van der Waals surface area contributed by atoms with Crippen LogP contribution in [0.15, 0.2) is 18.3 Å². The highest BCUT2D eigenvalue weighted by Crippen LogP contribution is 2.06. The van der Waals surface area contributed by atoms with Crippen LogP contribution in [0.4, 0.5) is 5.82 Å². The zero-order valence-electron chi connectivity index (χ0n) is 6.62. The Morgan fingerprint density at radius 3 is 3.00 bits per heavy atom. The Hall–Kier alpha value is -1.16. The van der Waals surface area contributed by atoms with E-state index in [2.05, 4.69) is 32.9 Å². The highest BCUT2D eigenvalue weighted by atomic mass is 127. The van der Waals surface area contributed by atoms with E-state index in [1.807, 2.05) is 6.07 Å². The highest BCUT2D eigenvalue weighted by molar-refractivity contribution is 14.1. The number of rotatable bonds is 2. The second-order valence-corrected chi connectivity index (χ2v) is 3.49. The maximum atomic E-state index is 10.9. The molecule has 0 aliphatic rings. The van der Waals surface area contributed by atoms with Crippen LogP contribution in [-0.4, -0.2) is 10.9 Å². The van der Waals surface area contributed by atoms with Crippen LogP contribution in [0.1, 0.15) is 6.42 Å². The summed E-state index contributed by atoms with van der Waals surface area (Å²) in [5.74, 6) is 0.136. The molecule has 13 heavy (non-hydrogen) atoms. The van der Waals surface area contributed by atoms with Gasteiger partial charge in [0.15, 0.2) is 0 Å². The summed E-state index contributed by atoms with van der Waals surface area (Å²) >= 11 is 2.12. The lowest BCUT2D eigenvalue weighted by Gasteiger charge is -2.00. The maximum absolute atomic E-state index is 10.9. The first kappa shape index (κ1) is 9.92. The molecular formula is C8H6IN3O. The van der Waals surface area contributed by atoms with Crippen molar-refractivity contribution >= 4 is 34.3 Å².